The average Bonchev–Trinajstić information content (AvgIpc) is 3.32. The minimum Gasteiger partial charge on any atom is -0.339 e. The van der Waals surface area contributed by atoms with Gasteiger partial charge in [-0.2, -0.15) is 5.10 Å². The van der Waals surface area contributed by atoms with Gasteiger partial charge in [-0.3, -0.25) is 14.3 Å². The van der Waals surface area contributed by atoms with E-state index in [-0.39, 0.29) is 11.8 Å². The molecule has 3 rings (SSSR count). The van der Waals surface area contributed by atoms with Crippen LogP contribution < -0.4 is 0 Å². The van der Waals surface area contributed by atoms with Crippen molar-refractivity contribution in [2.75, 3.05) is 26.2 Å². The molecule has 7 heteroatoms. The lowest BCUT2D eigenvalue weighted by Gasteiger charge is -2.34. The number of amides is 2. The van der Waals surface area contributed by atoms with Gasteiger partial charge in [-0.05, 0) is 38.2 Å². The molecule has 0 spiro atoms. The predicted octanol–water partition coefficient (Wildman–Crippen LogP) is 3.91. The molecule has 2 fully saturated rings. The van der Waals surface area contributed by atoms with E-state index in [9.17, 15) is 9.59 Å². The van der Waals surface area contributed by atoms with E-state index in [0.717, 1.165) is 30.6 Å². The Hall–Kier alpha value is -1.82. The molecule has 0 unspecified atom stereocenters. The Morgan fingerprint density at radius 1 is 1.14 bits per heavy atom. The third-order valence-corrected chi connectivity index (χ3v) is 6.51. The summed E-state index contributed by atoms with van der Waals surface area (Å²) >= 11 is 6.44. The molecular formula is C22H33ClN4O2. The van der Waals surface area contributed by atoms with Crippen molar-refractivity contribution in [3.63, 3.8) is 0 Å². The van der Waals surface area contributed by atoms with Crippen molar-refractivity contribution in [3.8, 4) is 0 Å². The van der Waals surface area contributed by atoms with Gasteiger partial charge in [0.2, 0.25) is 11.8 Å². The van der Waals surface area contributed by atoms with Gasteiger partial charge in [0.25, 0.3) is 0 Å². The molecule has 0 radical (unpaired) electrons. The lowest BCUT2D eigenvalue weighted by atomic mass is 10.0. The van der Waals surface area contributed by atoms with E-state index in [1.165, 1.54) is 25.7 Å². The molecule has 1 aromatic heterocycles. The van der Waals surface area contributed by atoms with Gasteiger partial charge >= 0.3 is 0 Å². The maximum atomic E-state index is 12.6. The Morgan fingerprint density at radius 2 is 1.79 bits per heavy atom. The van der Waals surface area contributed by atoms with Crippen molar-refractivity contribution >= 4 is 29.5 Å². The second-order valence-corrected chi connectivity index (χ2v) is 8.62. The van der Waals surface area contributed by atoms with Gasteiger partial charge in [0, 0.05) is 50.8 Å². The molecule has 0 aromatic carbocycles. The molecule has 1 aliphatic heterocycles. The van der Waals surface area contributed by atoms with Crippen LogP contribution in [0.1, 0.15) is 63.1 Å². The molecule has 160 valence electrons. The highest BCUT2D eigenvalue weighted by Crippen LogP contribution is 2.28. The molecule has 1 saturated heterocycles. The molecule has 6 nitrogen and oxygen atoms in total. The van der Waals surface area contributed by atoms with Crippen LogP contribution in [-0.4, -0.2) is 57.6 Å². The number of nitrogens with zero attached hydrogens (tertiary/aromatic N) is 4. The topological polar surface area (TPSA) is 58.4 Å². The van der Waals surface area contributed by atoms with Crippen LogP contribution in [0.4, 0.5) is 0 Å². The van der Waals surface area contributed by atoms with Gasteiger partial charge in [-0.25, -0.2) is 0 Å². The fourth-order valence-corrected chi connectivity index (χ4v) is 4.56. The molecule has 2 amide bonds. The summed E-state index contributed by atoms with van der Waals surface area (Å²) in [6, 6.07) is 0. The van der Waals surface area contributed by atoms with Crippen LogP contribution >= 0.6 is 11.6 Å². The van der Waals surface area contributed by atoms with Gasteiger partial charge in [-0.15, -0.1) is 0 Å². The van der Waals surface area contributed by atoms with Gasteiger partial charge in [0.15, 0.2) is 0 Å². The van der Waals surface area contributed by atoms with Crippen molar-refractivity contribution in [1.82, 2.24) is 19.6 Å². The molecule has 0 atom stereocenters. The highest BCUT2D eigenvalue weighted by atomic mass is 35.5. The van der Waals surface area contributed by atoms with Crippen molar-refractivity contribution < 1.29 is 9.59 Å². The number of aryl methyl sites for hydroxylation is 2. The van der Waals surface area contributed by atoms with E-state index in [1.807, 2.05) is 11.8 Å². The summed E-state index contributed by atoms with van der Waals surface area (Å²) in [6.07, 6.45) is 11.0. The number of piperazine rings is 1. The second-order valence-electron chi connectivity index (χ2n) is 8.26. The zero-order valence-corrected chi connectivity index (χ0v) is 18.5. The molecule has 0 N–H and O–H groups in total. The molecule has 2 aliphatic rings. The first-order chi connectivity index (χ1) is 14.0. The van der Waals surface area contributed by atoms with Crippen LogP contribution in [0.15, 0.2) is 6.08 Å². The van der Waals surface area contributed by atoms with E-state index in [0.29, 0.717) is 43.7 Å². The number of aromatic nitrogens is 2. The second kappa shape index (κ2) is 10.3. The van der Waals surface area contributed by atoms with Crippen molar-refractivity contribution in [2.24, 2.45) is 5.92 Å². The van der Waals surface area contributed by atoms with Crippen LogP contribution in [0.5, 0.6) is 0 Å². The van der Waals surface area contributed by atoms with Gasteiger partial charge < -0.3 is 9.80 Å². The number of carbonyl (C=O) groups is 2. The van der Waals surface area contributed by atoms with E-state index in [2.05, 4.69) is 12.0 Å². The molecule has 2 heterocycles. The lowest BCUT2D eigenvalue weighted by molar-refractivity contribution is -0.137. The van der Waals surface area contributed by atoms with Crippen LogP contribution in [0, 0.1) is 12.8 Å². The maximum Gasteiger partial charge on any atom is 0.246 e. The standard InChI is InChI=1S/C22H33ClN4O2/c1-3-4-11-27-22(23)19(17(2)24-27)9-10-20(28)25-12-14-26(15-13-25)21(29)16-18-7-5-6-8-18/h9-10,18H,3-8,11-16H2,1-2H3/b10-9+. The number of hydrogen-bond acceptors (Lipinski definition) is 3. The molecule has 0 bridgehead atoms. The Balaban J connectivity index is 1.50. The van der Waals surface area contributed by atoms with Crippen molar-refractivity contribution in [1.29, 1.82) is 0 Å². The van der Waals surface area contributed by atoms with Crippen LogP contribution in [0.2, 0.25) is 5.15 Å². The zero-order chi connectivity index (χ0) is 20.8. The third-order valence-electron chi connectivity index (χ3n) is 6.11. The summed E-state index contributed by atoms with van der Waals surface area (Å²) in [5.74, 6) is 0.780. The van der Waals surface area contributed by atoms with Crippen LogP contribution in [-0.2, 0) is 16.1 Å². The molecule has 1 saturated carbocycles. The van der Waals surface area contributed by atoms with Gasteiger partial charge in [0.1, 0.15) is 5.15 Å². The summed E-state index contributed by atoms with van der Waals surface area (Å²) in [5, 5.41) is 5.06. The Labute approximate surface area is 178 Å². The molecule has 1 aliphatic carbocycles. The number of carbonyl (C=O) groups excluding carboxylic acids is 2. The summed E-state index contributed by atoms with van der Waals surface area (Å²) in [5.41, 5.74) is 1.64. The van der Waals surface area contributed by atoms with Crippen LogP contribution in [0.25, 0.3) is 6.08 Å². The molecular weight excluding hydrogens is 388 g/mol. The first-order valence-electron chi connectivity index (χ1n) is 11.0. The van der Waals surface area contributed by atoms with E-state index in [1.54, 1.807) is 21.7 Å². The van der Waals surface area contributed by atoms with Gasteiger partial charge in [0.05, 0.1) is 5.69 Å². The average molecular weight is 421 g/mol. The fourth-order valence-electron chi connectivity index (χ4n) is 4.24. The predicted molar refractivity (Wildman–Crippen MR) is 116 cm³/mol. The SMILES string of the molecule is CCCCn1nc(C)c(/C=C/C(=O)N2CCN(C(=O)CC3CCCC3)CC2)c1Cl. The number of hydrogen-bond donors (Lipinski definition) is 0. The number of halogens is 1. The summed E-state index contributed by atoms with van der Waals surface area (Å²) < 4.78 is 1.80. The minimum absolute atomic E-state index is 0.0373. The summed E-state index contributed by atoms with van der Waals surface area (Å²) in [7, 11) is 0. The molecule has 29 heavy (non-hydrogen) atoms. The number of rotatable bonds is 7. The molecule has 1 aromatic rings. The highest BCUT2D eigenvalue weighted by Gasteiger charge is 2.26. The van der Waals surface area contributed by atoms with Crippen molar-refractivity contribution in [2.45, 2.75) is 65.3 Å². The number of unbranched alkanes of at least 4 members (excludes halogenated alkanes) is 1. The maximum absolute atomic E-state index is 12.6. The summed E-state index contributed by atoms with van der Waals surface area (Å²) in [4.78, 5) is 28.8. The van der Waals surface area contributed by atoms with E-state index >= 15 is 0 Å². The van der Waals surface area contributed by atoms with E-state index < -0.39 is 0 Å². The Morgan fingerprint density at radius 3 is 2.45 bits per heavy atom. The van der Waals surface area contributed by atoms with Gasteiger partial charge in [-0.1, -0.05) is 37.8 Å². The zero-order valence-electron chi connectivity index (χ0n) is 17.7. The minimum atomic E-state index is -0.0373. The van der Waals surface area contributed by atoms with E-state index in [4.69, 9.17) is 11.6 Å². The largest absolute Gasteiger partial charge is 0.339 e. The first-order valence-corrected chi connectivity index (χ1v) is 11.3. The highest BCUT2D eigenvalue weighted by molar-refractivity contribution is 6.31. The smallest absolute Gasteiger partial charge is 0.246 e. The normalized spacial score (nSPS) is 18.2. The van der Waals surface area contributed by atoms with Crippen molar-refractivity contribution in [3.05, 3.63) is 22.5 Å². The first kappa shape index (κ1) is 21.9. The Kier molecular flexibility index (Phi) is 7.76. The monoisotopic (exact) mass is 420 g/mol. The lowest BCUT2D eigenvalue weighted by Crippen LogP contribution is -2.50. The fraction of sp³-hybridized carbons (Fsp3) is 0.682. The third kappa shape index (κ3) is 5.62. The Bertz CT molecular complexity index is 744. The van der Waals surface area contributed by atoms with Crippen LogP contribution in [0.3, 0.4) is 0 Å². The quantitative estimate of drug-likeness (QED) is 0.628. The summed E-state index contributed by atoms with van der Waals surface area (Å²) in [6.45, 7) is 7.25.